The zero-order valence-electron chi connectivity index (χ0n) is 17.4. The van der Waals surface area contributed by atoms with Crippen LogP contribution in [0.1, 0.15) is 67.9 Å². The Labute approximate surface area is 172 Å². The van der Waals surface area contributed by atoms with Crippen LogP contribution >= 0.6 is 0 Å². The fraction of sp³-hybridized carbons (Fsp3) is 0.545. The molecule has 0 saturated heterocycles. The Kier molecular flexibility index (Phi) is 7.01. The van der Waals surface area contributed by atoms with Crippen molar-refractivity contribution in [2.24, 2.45) is 11.7 Å². The summed E-state index contributed by atoms with van der Waals surface area (Å²) >= 11 is 0. The fourth-order valence-electron chi connectivity index (χ4n) is 3.83. The van der Waals surface area contributed by atoms with Gasteiger partial charge in [0.15, 0.2) is 0 Å². The normalized spacial score (nSPS) is 20.1. The van der Waals surface area contributed by atoms with Crippen molar-refractivity contribution in [1.82, 2.24) is 15.0 Å². The highest BCUT2D eigenvalue weighted by molar-refractivity contribution is 5.76. The third-order valence-corrected chi connectivity index (χ3v) is 5.76. The Hall–Kier alpha value is -2.70. The predicted octanol–water partition coefficient (Wildman–Crippen LogP) is 3.52. The summed E-state index contributed by atoms with van der Waals surface area (Å²) in [6, 6.07) is 3.91. The predicted molar refractivity (Wildman–Crippen MR) is 110 cm³/mol. The average Bonchev–Trinajstić information content (AvgIpc) is 2.74. The standard InChI is InChI=1S/C22H30N4O3/c1-14(20-9-8-18(28-3)12-25-20)10-11-29-22-19(13-24-15(2)26-22)16-4-6-17(7-5-16)21(23)27/h8-9,12-14,16-17H,4-7,10-11H2,1-3H3,(H2,23,27)/t14-,16?,17?/m1/s1. The van der Waals surface area contributed by atoms with Gasteiger partial charge in [-0.2, -0.15) is 4.98 Å². The molecule has 1 saturated carbocycles. The maximum Gasteiger partial charge on any atom is 0.220 e. The van der Waals surface area contributed by atoms with Crippen molar-refractivity contribution in [2.45, 2.75) is 57.8 Å². The molecule has 0 radical (unpaired) electrons. The van der Waals surface area contributed by atoms with Gasteiger partial charge in [0, 0.05) is 29.3 Å². The smallest absolute Gasteiger partial charge is 0.220 e. The molecule has 0 bridgehead atoms. The maximum absolute atomic E-state index is 11.4. The lowest BCUT2D eigenvalue weighted by atomic mass is 9.79. The van der Waals surface area contributed by atoms with Gasteiger partial charge in [0.2, 0.25) is 11.8 Å². The van der Waals surface area contributed by atoms with Gasteiger partial charge in [-0.25, -0.2) is 4.98 Å². The van der Waals surface area contributed by atoms with Crippen molar-refractivity contribution in [3.8, 4) is 11.6 Å². The molecule has 29 heavy (non-hydrogen) atoms. The molecule has 1 aliphatic rings. The third-order valence-electron chi connectivity index (χ3n) is 5.76. The fourth-order valence-corrected chi connectivity index (χ4v) is 3.83. The van der Waals surface area contributed by atoms with E-state index in [1.807, 2.05) is 25.3 Å². The van der Waals surface area contributed by atoms with Gasteiger partial charge in [-0.15, -0.1) is 0 Å². The number of nitrogens with zero attached hydrogens (tertiary/aromatic N) is 3. The van der Waals surface area contributed by atoms with Crippen LogP contribution < -0.4 is 15.2 Å². The molecule has 0 unspecified atom stereocenters. The van der Waals surface area contributed by atoms with Gasteiger partial charge in [-0.1, -0.05) is 6.92 Å². The highest BCUT2D eigenvalue weighted by Gasteiger charge is 2.28. The number of methoxy groups -OCH3 is 1. The summed E-state index contributed by atoms with van der Waals surface area (Å²) in [5.74, 6) is 2.47. The topological polar surface area (TPSA) is 100 Å². The minimum absolute atomic E-state index is 0.0140. The van der Waals surface area contributed by atoms with E-state index >= 15 is 0 Å². The van der Waals surface area contributed by atoms with E-state index in [1.54, 1.807) is 13.3 Å². The molecule has 0 aromatic carbocycles. The molecular formula is C22H30N4O3. The summed E-state index contributed by atoms with van der Waals surface area (Å²) in [6.07, 6.45) is 7.88. The number of aryl methyl sites for hydroxylation is 1. The second-order valence-corrected chi connectivity index (χ2v) is 7.79. The lowest BCUT2D eigenvalue weighted by Crippen LogP contribution is -2.27. The summed E-state index contributed by atoms with van der Waals surface area (Å²) in [7, 11) is 1.63. The van der Waals surface area contributed by atoms with E-state index in [2.05, 4.69) is 21.9 Å². The Morgan fingerprint density at radius 2 is 1.97 bits per heavy atom. The summed E-state index contributed by atoms with van der Waals surface area (Å²) in [6.45, 7) is 4.55. The van der Waals surface area contributed by atoms with Gasteiger partial charge < -0.3 is 15.2 Å². The van der Waals surface area contributed by atoms with Crippen LogP contribution in [0.25, 0.3) is 0 Å². The van der Waals surface area contributed by atoms with E-state index < -0.39 is 0 Å². The number of amides is 1. The molecule has 1 fully saturated rings. The molecule has 2 N–H and O–H groups in total. The first-order valence-electron chi connectivity index (χ1n) is 10.2. The molecule has 2 heterocycles. The first-order chi connectivity index (χ1) is 14.0. The van der Waals surface area contributed by atoms with Crippen molar-refractivity contribution < 1.29 is 14.3 Å². The number of nitrogens with two attached hydrogens (primary N) is 1. The van der Waals surface area contributed by atoms with Crippen molar-refractivity contribution in [3.63, 3.8) is 0 Å². The molecular weight excluding hydrogens is 368 g/mol. The SMILES string of the molecule is COc1ccc([C@H](C)CCOc2nc(C)ncc2C2CCC(C(N)=O)CC2)nc1. The van der Waals surface area contributed by atoms with Crippen molar-refractivity contribution in [2.75, 3.05) is 13.7 Å². The lowest BCUT2D eigenvalue weighted by Gasteiger charge is -2.27. The lowest BCUT2D eigenvalue weighted by molar-refractivity contribution is -0.122. The second kappa shape index (κ2) is 9.67. The number of primary amides is 1. The van der Waals surface area contributed by atoms with E-state index in [4.69, 9.17) is 15.2 Å². The van der Waals surface area contributed by atoms with Crippen LogP contribution in [0, 0.1) is 12.8 Å². The number of carbonyl (C=O) groups is 1. The molecule has 3 rings (SSSR count). The van der Waals surface area contributed by atoms with Crippen LogP contribution in [-0.2, 0) is 4.79 Å². The summed E-state index contributed by atoms with van der Waals surface area (Å²) < 4.78 is 11.2. The van der Waals surface area contributed by atoms with E-state index in [-0.39, 0.29) is 17.7 Å². The zero-order valence-corrected chi connectivity index (χ0v) is 17.4. The minimum atomic E-state index is -0.193. The molecule has 1 aliphatic carbocycles. The first kappa shape index (κ1) is 21.0. The number of hydrogen-bond donors (Lipinski definition) is 1. The number of ether oxygens (including phenoxy) is 2. The van der Waals surface area contributed by atoms with E-state index in [9.17, 15) is 4.79 Å². The number of hydrogen-bond acceptors (Lipinski definition) is 6. The highest BCUT2D eigenvalue weighted by Crippen LogP contribution is 2.38. The molecule has 0 aliphatic heterocycles. The molecule has 2 aromatic heterocycles. The molecule has 2 aromatic rings. The molecule has 7 heteroatoms. The largest absolute Gasteiger partial charge is 0.495 e. The quantitative estimate of drug-likeness (QED) is 0.730. The summed E-state index contributed by atoms with van der Waals surface area (Å²) in [5.41, 5.74) is 7.51. The highest BCUT2D eigenvalue weighted by atomic mass is 16.5. The monoisotopic (exact) mass is 398 g/mol. The van der Waals surface area contributed by atoms with Crippen LogP contribution in [0.2, 0.25) is 0 Å². The van der Waals surface area contributed by atoms with E-state index in [0.717, 1.165) is 49.1 Å². The van der Waals surface area contributed by atoms with Crippen molar-refractivity contribution in [3.05, 3.63) is 41.6 Å². The summed E-state index contributed by atoms with van der Waals surface area (Å²) in [5, 5.41) is 0. The van der Waals surface area contributed by atoms with Crippen LogP contribution in [-0.4, -0.2) is 34.6 Å². The van der Waals surface area contributed by atoms with Crippen molar-refractivity contribution in [1.29, 1.82) is 0 Å². The van der Waals surface area contributed by atoms with E-state index in [0.29, 0.717) is 24.2 Å². The first-order valence-corrected chi connectivity index (χ1v) is 10.2. The Morgan fingerprint density at radius 1 is 1.21 bits per heavy atom. The molecule has 1 amide bonds. The van der Waals surface area contributed by atoms with Gasteiger partial charge in [0.1, 0.15) is 11.6 Å². The van der Waals surface area contributed by atoms with Gasteiger partial charge in [-0.05, 0) is 57.1 Å². The third kappa shape index (κ3) is 5.43. The van der Waals surface area contributed by atoms with Gasteiger partial charge in [0.05, 0.1) is 19.9 Å². The Bertz CT molecular complexity index is 817. The molecule has 156 valence electrons. The van der Waals surface area contributed by atoms with Crippen LogP contribution in [0.3, 0.4) is 0 Å². The Morgan fingerprint density at radius 3 is 2.59 bits per heavy atom. The van der Waals surface area contributed by atoms with Crippen LogP contribution in [0.5, 0.6) is 11.6 Å². The van der Waals surface area contributed by atoms with Gasteiger partial charge >= 0.3 is 0 Å². The van der Waals surface area contributed by atoms with Crippen LogP contribution in [0.4, 0.5) is 0 Å². The van der Waals surface area contributed by atoms with Crippen LogP contribution in [0.15, 0.2) is 24.5 Å². The van der Waals surface area contributed by atoms with Crippen molar-refractivity contribution >= 4 is 5.91 Å². The maximum atomic E-state index is 11.4. The molecule has 7 nitrogen and oxygen atoms in total. The van der Waals surface area contributed by atoms with Gasteiger partial charge in [0.25, 0.3) is 0 Å². The number of rotatable bonds is 8. The summed E-state index contributed by atoms with van der Waals surface area (Å²) in [4.78, 5) is 24.8. The molecule has 0 spiro atoms. The number of carbonyl (C=O) groups excluding carboxylic acids is 1. The average molecular weight is 399 g/mol. The minimum Gasteiger partial charge on any atom is -0.495 e. The Balaban J connectivity index is 1.60. The second-order valence-electron chi connectivity index (χ2n) is 7.79. The number of pyridine rings is 1. The molecule has 1 atom stereocenters. The van der Waals surface area contributed by atoms with Gasteiger partial charge in [-0.3, -0.25) is 9.78 Å². The number of aromatic nitrogens is 3. The zero-order chi connectivity index (χ0) is 20.8. The van der Waals surface area contributed by atoms with E-state index in [1.165, 1.54) is 0 Å².